The molecule has 0 radical (unpaired) electrons. The third-order valence-electron chi connectivity index (χ3n) is 4.55. The van der Waals surface area contributed by atoms with E-state index in [-0.39, 0.29) is 15.9 Å². The number of amides is 1. The van der Waals surface area contributed by atoms with Crippen LogP contribution in [-0.2, 0) is 14.3 Å². The van der Waals surface area contributed by atoms with Crippen LogP contribution in [0, 0.1) is 6.92 Å². The quantitative estimate of drug-likeness (QED) is 0.613. The smallest absolute Gasteiger partial charge is 0.297 e. The number of rotatable bonds is 3. The minimum absolute atomic E-state index is 0.0803. The second-order valence-electron chi connectivity index (χ2n) is 7.08. The van der Waals surface area contributed by atoms with Crippen LogP contribution in [0.3, 0.4) is 0 Å². The summed E-state index contributed by atoms with van der Waals surface area (Å²) in [6, 6.07) is 6.37. The molecule has 0 bridgehead atoms. The summed E-state index contributed by atoms with van der Waals surface area (Å²) in [7, 11) is -3.91. The van der Waals surface area contributed by atoms with Crippen molar-refractivity contribution < 1.29 is 27.0 Å². The normalized spacial score (nSPS) is 25.5. The Bertz CT molecular complexity index is 690. The Morgan fingerprint density at radius 2 is 1.83 bits per heavy atom. The predicted octanol–water partition coefficient (Wildman–Crippen LogP) is 1.43. The zero-order valence-corrected chi connectivity index (χ0v) is 14.7. The number of carbonyl (C=O) groups excluding carboxylic acids is 1. The van der Waals surface area contributed by atoms with E-state index in [1.165, 1.54) is 12.1 Å². The number of carboxylic acid groups (broad SMARTS) is 1. The molecule has 6 nitrogen and oxygen atoms in total. The summed E-state index contributed by atoms with van der Waals surface area (Å²) < 4.78 is 29.7. The molecule has 7 heteroatoms. The first-order valence-corrected chi connectivity index (χ1v) is 8.97. The molecule has 1 fully saturated rings. The maximum Gasteiger partial charge on any atom is 0.297 e. The molecule has 1 heterocycles. The number of likely N-dealkylation sites (tertiary alicyclic amines) is 1. The number of nitrogens with zero attached hydrogens (tertiary/aromatic N) is 1. The maximum atomic E-state index is 12.3. The highest BCUT2D eigenvalue weighted by molar-refractivity contribution is 7.86. The number of quaternary nitrogens is 1. The van der Waals surface area contributed by atoms with Crippen LogP contribution < -0.4 is 5.11 Å². The number of benzene rings is 1. The third kappa shape index (κ3) is 3.41. The lowest BCUT2D eigenvalue weighted by Gasteiger charge is -2.44. The maximum absolute atomic E-state index is 12.3. The summed E-state index contributed by atoms with van der Waals surface area (Å²) in [4.78, 5) is 11.7. The Kier molecular flexibility index (Phi) is 4.58. The van der Waals surface area contributed by atoms with Gasteiger partial charge < -0.3 is 9.90 Å². The van der Waals surface area contributed by atoms with Gasteiger partial charge in [0.1, 0.15) is 12.6 Å². The first-order chi connectivity index (χ1) is 10.5. The van der Waals surface area contributed by atoms with Gasteiger partial charge in [0.25, 0.3) is 16.2 Å². The van der Waals surface area contributed by atoms with Gasteiger partial charge in [-0.1, -0.05) is 17.7 Å². The van der Waals surface area contributed by atoms with Crippen LogP contribution in [0.15, 0.2) is 29.2 Å². The van der Waals surface area contributed by atoms with E-state index in [0.29, 0.717) is 13.0 Å². The standard InChI is InChI=1S/C16H23NO5S/c1-12-5-7-14(8-6-12)23(20,21)22-13-9-10-17(11-13,15(18)19)16(2,3)4/h5-8,13H,9-11H2,1-4H3/t13-,17?/m1/s1. The topological polar surface area (TPSA) is 83.5 Å². The van der Waals surface area contributed by atoms with E-state index < -0.39 is 27.9 Å². The van der Waals surface area contributed by atoms with Crippen molar-refractivity contribution in [2.45, 2.75) is 50.7 Å². The van der Waals surface area contributed by atoms with Crippen molar-refractivity contribution in [2.24, 2.45) is 0 Å². The largest absolute Gasteiger partial charge is 0.498 e. The number of hydrogen-bond acceptors (Lipinski definition) is 5. The van der Waals surface area contributed by atoms with Crippen molar-refractivity contribution in [1.82, 2.24) is 0 Å². The molecule has 1 aromatic rings. The summed E-state index contributed by atoms with van der Waals surface area (Å²) in [5, 5.41) is 11.6. The molecule has 2 rings (SSSR count). The highest BCUT2D eigenvalue weighted by Crippen LogP contribution is 2.33. The molecule has 0 saturated carbocycles. The van der Waals surface area contributed by atoms with Crippen molar-refractivity contribution in [2.75, 3.05) is 13.1 Å². The Balaban J connectivity index is 2.19. The molecule has 1 unspecified atom stereocenters. The molecule has 1 saturated heterocycles. The second-order valence-corrected chi connectivity index (χ2v) is 8.66. The molecule has 2 atom stereocenters. The summed E-state index contributed by atoms with van der Waals surface area (Å²) in [6.45, 7) is 7.65. The van der Waals surface area contributed by atoms with Crippen LogP contribution >= 0.6 is 0 Å². The van der Waals surface area contributed by atoms with E-state index >= 15 is 0 Å². The number of carbonyl (C=O) groups is 1. The van der Waals surface area contributed by atoms with Crippen LogP contribution in [0.5, 0.6) is 0 Å². The molecule has 0 aromatic heterocycles. The summed E-state index contributed by atoms with van der Waals surface area (Å²) >= 11 is 0. The lowest BCUT2D eigenvalue weighted by Crippen LogP contribution is -2.66. The summed E-state index contributed by atoms with van der Waals surface area (Å²) in [5.41, 5.74) is 0.357. The molecular weight excluding hydrogens is 318 g/mol. The first kappa shape index (κ1) is 17.9. The Morgan fingerprint density at radius 3 is 2.26 bits per heavy atom. The van der Waals surface area contributed by atoms with Crippen LogP contribution in [-0.4, -0.2) is 43.7 Å². The van der Waals surface area contributed by atoms with E-state index in [0.717, 1.165) is 5.56 Å². The highest BCUT2D eigenvalue weighted by atomic mass is 32.2. The summed E-state index contributed by atoms with van der Waals surface area (Å²) in [6.07, 6.45) is -1.51. The van der Waals surface area contributed by atoms with E-state index in [1.54, 1.807) is 32.9 Å². The van der Waals surface area contributed by atoms with Gasteiger partial charge >= 0.3 is 0 Å². The Hall–Kier alpha value is -1.44. The van der Waals surface area contributed by atoms with E-state index in [9.17, 15) is 18.3 Å². The highest BCUT2D eigenvalue weighted by Gasteiger charge is 2.50. The molecule has 0 spiro atoms. The van der Waals surface area contributed by atoms with Crippen LogP contribution in [0.2, 0.25) is 0 Å². The molecular formula is C16H23NO5S. The van der Waals surface area contributed by atoms with Crippen molar-refractivity contribution >= 4 is 16.2 Å². The van der Waals surface area contributed by atoms with Gasteiger partial charge in [0.2, 0.25) is 0 Å². The van der Waals surface area contributed by atoms with Gasteiger partial charge in [0.05, 0.1) is 17.0 Å². The predicted molar refractivity (Wildman–Crippen MR) is 83.0 cm³/mol. The average Bonchev–Trinajstić information content (AvgIpc) is 2.83. The third-order valence-corrected chi connectivity index (χ3v) is 5.93. The van der Waals surface area contributed by atoms with Crippen LogP contribution in [0.4, 0.5) is 4.79 Å². The van der Waals surface area contributed by atoms with Gasteiger partial charge in [-0.3, -0.25) is 8.67 Å². The molecule has 1 amide bonds. The zero-order chi connectivity index (χ0) is 17.5. The first-order valence-electron chi connectivity index (χ1n) is 7.57. The molecule has 0 N–H and O–H groups in total. The van der Waals surface area contributed by atoms with Gasteiger partial charge in [-0.25, -0.2) is 0 Å². The minimum atomic E-state index is -3.91. The van der Waals surface area contributed by atoms with Crippen molar-refractivity contribution in [3.63, 3.8) is 0 Å². The molecule has 0 aliphatic carbocycles. The SMILES string of the molecule is Cc1ccc(S(=O)(=O)O[C@@H]2CC[N+](C(=O)[O-])(C(C)(C)C)C2)cc1. The lowest BCUT2D eigenvalue weighted by atomic mass is 10.0. The number of aryl methyl sites for hydroxylation is 1. The fraction of sp³-hybridized carbons (Fsp3) is 0.562. The fourth-order valence-corrected chi connectivity index (χ4v) is 4.06. The van der Waals surface area contributed by atoms with E-state index in [4.69, 9.17) is 4.18 Å². The molecule has 1 aliphatic heterocycles. The van der Waals surface area contributed by atoms with Gasteiger partial charge in [-0.15, -0.1) is 0 Å². The molecule has 128 valence electrons. The summed E-state index contributed by atoms with van der Waals surface area (Å²) in [5.74, 6) is 0. The molecule has 1 aromatic carbocycles. The van der Waals surface area contributed by atoms with Crippen molar-refractivity contribution in [3.05, 3.63) is 29.8 Å². The zero-order valence-electron chi connectivity index (χ0n) is 13.9. The van der Waals surface area contributed by atoms with Crippen LogP contribution in [0.25, 0.3) is 0 Å². The molecule has 23 heavy (non-hydrogen) atoms. The van der Waals surface area contributed by atoms with Crippen molar-refractivity contribution in [3.8, 4) is 0 Å². The monoisotopic (exact) mass is 341 g/mol. The van der Waals surface area contributed by atoms with Gasteiger partial charge in [0, 0.05) is 6.42 Å². The molecule has 1 aliphatic rings. The number of hydrogen-bond donors (Lipinski definition) is 0. The van der Waals surface area contributed by atoms with E-state index in [2.05, 4.69) is 0 Å². The van der Waals surface area contributed by atoms with Gasteiger partial charge in [0.15, 0.2) is 0 Å². The average molecular weight is 341 g/mol. The van der Waals surface area contributed by atoms with E-state index in [1.807, 2.05) is 6.92 Å². The lowest BCUT2D eigenvalue weighted by molar-refractivity contribution is -0.909. The second kappa shape index (κ2) is 5.89. The van der Waals surface area contributed by atoms with Crippen LogP contribution in [0.1, 0.15) is 32.8 Å². The van der Waals surface area contributed by atoms with Gasteiger partial charge in [-0.05, 0) is 39.8 Å². The Morgan fingerprint density at radius 1 is 1.26 bits per heavy atom. The fourth-order valence-electron chi connectivity index (χ4n) is 2.96. The van der Waals surface area contributed by atoms with Gasteiger partial charge in [-0.2, -0.15) is 8.42 Å². The Labute approximate surface area is 137 Å². The minimum Gasteiger partial charge on any atom is -0.498 e. The van der Waals surface area contributed by atoms with Crippen molar-refractivity contribution in [1.29, 1.82) is 0 Å².